The lowest BCUT2D eigenvalue weighted by Gasteiger charge is -2.22. The number of amides is 1. The van der Waals surface area contributed by atoms with Crippen LogP contribution in [0.25, 0.3) is 0 Å². The van der Waals surface area contributed by atoms with E-state index in [1.165, 1.54) is 12.1 Å². The quantitative estimate of drug-likeness (QED) is 0.631. The molecule has 0 aliphatic carbocycles. The van der Waals surface area contributed by atoms with E-state index < -0.39 is 10.5 Å². The van der Waals surface area contributed by atoms with Crippen LogP contribution in [0.3, 0.4) is 0 Å². The first-order valence-corrected chi connectivity index (χ1v) is 5.63. The van der Waals surface area contributed by atoms with Gasteiger partial charge in [0.25, 0.3) is 5.69 Å². The highest BCUT2D eigenvalue weighted by Gasteiger charge is 2.26. The van der Waals surface area contributed by atoms with Crippen LogP contribution in [0.5, 0.6) is 0 Å². The van der Waals surface area contributed by atoms with Crippen LogP contribution in [0.2, 0.25) is 0 Å². The summed E-state index contributed by atoms with van der Waals surface area (Å²) in [5, 5.41) is 13.3. The van der Waals surface area contributed by atoms with Gasteiger partial charge in [-0.2, -0.15) is 0 Å². The molecule has 0 fully saturated rings. The Balaban J connectivity index is 3.01. The lowest BCUT2D eigenvalue weighted by Crippen LogP contribution is -2.47. The highest BCUT2D eigenvalue weighted by molar-refractivity contribution is 5.98. The van der Waals surface area contributed by atoms with E-state index in [0.29, 0.717) is 12.1 Å². The molecule has 1 unspecified atom stereocenters. The smallest absolute Gasteiger partial charge is 0.271 e. The van der Waals surface area contributed by atoms with Crippen molar-refractivity contribution in [1.29, 1.82) is 0 Å². The van der Waals surface area contributed by atoms with Crippen LogP contribution in [-0.4, -0.2) is 16.4 Å². The van der Waals surface area contributed by atoms with Gasteiger partial charge in [-0.15, -0.1) is 0 Å². The summed E-state index contributed by atoms with van der Waals surface area (Å²) < 4.78 is 0. The minimum Gasteiger partial charge on any atom is -0.324 e. The number of nitro groups is 1. The van der Waals surface area contributed by atoms with E-state index in [1.54, 1.807) is 26.8 Å². The number of nitrogens with zero attached hydrogens (tertiary/aromatic N) is 1. The molecule has 1 amide bonds. The fourth-order valence-corrected chi connectivity index (χ4v) is 1.28. The predicted molar refractivity (Wildman–Crippen MR) is 69.3 cm³/mol. The average molecular weight is 251 g/mol. The summed E-state index contributed by atoms with van der Waals surface area (Å²) in [5.74, 6) is -0.353. The fourth-order valence-electron chi connectivity index (χ4n) is 1.28. The van der Waals surface area contributed by atoms with Gasteiger partial charge in [-0.1, -0.05) is 13.0 Å². The third-order valence-corrected chi connectivity index (χ3v) is 2.93. The lowest BCUT2D eigenvalue weighted by molar-refractivity contribution is -0.384. The van der Waals surface area contributed by atoms with Crippen LogP contribution >= 0.6 is 0 Å². The number of non-ortho nitro benzene ring substituents is 1. The average Bonchev–Trinajstić information content (AvgIpc) is 2.31. The maximum Gasteiger partial charge on any atom is 0.271 e. The number of aryl methyl sites for hydroxylation is 1. The summed E-state index contributed by atoms with van der Waals surface area (Å²) in [4.78, 5) is 22.1. The van der Waals surface area contributed by atoms with E-state index in [2.05, 4.69) is 5.32 Å². The van der Waals surface area contributed by atoms with Crippen LogP contribution in [0.1, 0.15) is 25.8 Å². The third kappa shape index (κ3) is 3.04. The van der Waals surface area contributed by atoms with E-state index in [-0.39, 0.29) is 11.6 Å². The number of nitro benzene ring substituents is 1. The van der Waals surface area contributed by atoms with Gasteiger partial charge in [-0.05, 0) is 25.8 Å². The highest BCUT2D eigenvalue weighted by Crippen LogP contribution is 2.22. The molecule has 0 aromatic heterocycles. The Bertz CT molecular complexity index is 483. The fraction of sp³-hybridized carbons (Fsp3) is 0.417. The van der Waals surface area contributed by atoms with Gasteiger partial charge in [0.15, 0.2) is 0 Å². The molecule has 1 aromatic carbocycles. The van der Waals surface area contributed by atoms with Crippen LogP contribution in [0.15, 0.2) is 18.2 Å². The van der Waals surface area contributed by atoms with Crippen LogP contribution < -0.4 is 11.1 Å². The Morgan fingerprint density at radius 2 is 2.17 bits per heavy atom. The minimum absolute atomic E-state index is 0.0638. The maximum absolute atomic E-state index is 11.9. The molecule has 0 spiro atoms. The summed E-state index contributed by atoms with van der Waals surface area (Å²) >= 11 is 0. The van der Waals surface area contributed by atoms with Crippen molar-refractivity contribution in [2.24, 2.45) is 5.73 Å². The first kappa shape index (κ1) is 14.1. The van der Waals surface area contributed by atoms with Gasteiger partial charge in [0, 0.05) is 12.1 Å². The molecule has 98 valence electrons. The molecule has 0 saturated carbocycles. The standard InChI is InChI=1S/C12H17N3O3/c1-4-12(3,13)11(16)14-10-7-9(15(17)18)6-5-8(10)2/h5-7H,4,13H2,1-3H3,(H,14,16). The summed E-state index contributed by atoms with van der Waals surface area (Å²) in [7, 11) is 0. The number of carbonyl (C=O) groups is 1. The number of rotatable bonds is 4. The van der Waals surface area contributed by atoms with Gasteiger partial charge >= 0.3 is 0 Å². The van der Waals surface area contributed by atoms with E-state index in [1.807, 2.05) is 0 Å². The number of carbonyl (C=O) groups excluding carboxylic acids is 1. The molecule has 0 aliphatic rings. The molecular weight excluding hydrogens is 234 g/mol. The molecule has 6 heteroatoms. The second-order valence-electron chi connectivity index (χ2n) is 4.48. The zero-order valence-electron chi connectivity index (χ0n) is 10.7. The van der Waals surface area contributed by atoms with Crippen molar-refractivity contribution in [1.82, 2.24) is 0 Å². The van der Waals surface area contributed by atoms with Crippen LogP contribution in [-0.2, 0) is 4.79 Å². The molecule has 0 radical (unpaired) electrons. The minimum atomic E-state index is -0.989. The van der Waals surface area contributed by atoms with Crippen molar-refractivity contribution in [3.8, 4) is 0 Å². The number of benzene rings is 1. The number of nitrogens with two attached hydrogens (primary N) is 1. The Morgan fingerprint density at radius 3 is 2.67 bits per heavy atom. The molecule has 1 rings (SSSR count). The SMILES string of the molecule is CCC(C)(N)C(=O)Nc1cc([N+](=O)[O-])ccc1C. The van der Waals surface area contributed by atoms with Crippen molar-refractivity contribution < 1.29 is 9.72 Å². The largest absolute Gasteiger partial charge is 0.324 e. The summed E-state index contributed by atoms with van der Waals surface area (Å²) in [6, 6.07) is 4.32. The molecule has 0 aliphatic heterocycles. The highest BCUT2D eigenvalue weighted by atomic mass is 16.6. The Hall–Kier alpha value is -1.95. The van der Waals surface area contributed by atoms with E-state index >= 15 is 0 Å². The van der Waals surface area contributed by atoms with Crippen molar-refractivity contribution in [3.05, 3.63) is 33.9 Å². The summed E-state index contributed by atoms with van der Waals surface area (Å²) in [6.07, 6.45) is 0.479. The second kappa shape index (κ2) is 5.14. The molecule has 1 aromatic rings. The van der Waals surface area contributed by atoms with E-state index in [4.69, 9.17) is 5.73 Å². The van der Waals surface area contributed by atoms with E-state index in [0.717, 1.165) is 5.56 Å². The number of anilines is 1. The van der Waals surface area contributed by atoms with Crippen molar-refractivity contribution in [3.63, 3.8) is 0 Å². The topological polar surface area (TPSA) is 98.3 Å². The normalized spacial score (nSPS) is 13.8. The molecule has 18 heavy (non-hydrogen) atoms. The monoisotopic (exact) mass is 251 g/mol. The Labute approximate surface area is 105 Å². The van der Waals surface area contributed by atoms with Crippen LogP contribution in [0, 0.1) is 17.0 Å². The van der Waals surface area contributed by atoms with Gasteiger partial charge in [-0.3, -0.25) is 14.9 Å². The van der Waals surface area contributed by atoms with Gasteiger partial charge in [0.1, 0.15) is 0 Å². The molecule has 0 saturated heterocycles. The second-order valence-corrected chi connectivity index (χ2v) is 4.48. The first-order chi connectivity index (χ1) is 8.27. The number of nitrogens with one attached hydrogen (secondary N) is 1. The van der Waals surface area contributed by atoms with Crippen LogP contribution in [0.4, 0.5) is 11.4 Å². The lowest BCUT2D eigenvalue weighted by atomic mass is 9.99. The maximum atomic E-state index is 11.9. The summed E-state index contributed by atoms with van der Waals surface area (Å²) in [5.41, 5.74) is 5.92. The zero-order valence-corrected chi connectivity index (χ0v) is 10.7. The van der Waals surface area contributed by atoms with Gasteiger partial charge in [-0.25, -0.2) is 0 Å². The molecule has 6 nitrogen and oxygen atoms in total. The van der Waals surface area contributed by atoms with Crippen molar-refractivity contribution >= 4 is 17.3 Å². The Morgan fingerprint density at radius 1 is 1.56 bits per heavy atom. The van der Waals surface area contributed by atoms with Gasteiger partial charge in [0.05, 0.1) is 16.1 Å². The number of hydrogen-bond acceptors (Lipinski definition) is 4. The van der Waals surface area contributed by atoms with Gasteiger partial charge < -0.3 is 11.1 Å². The summed E-state index contributed by atoms with van der Waals surface area (Å²) in [6.45, 7) is 5.19. The first-order valence-electron chi connectivity index (χ1n) is 5.63. The molecular formula is C12H17N3O3. The predicted octanol–water partition coefficient (Wildman–Crippen LogP) is 1.97. The molecule has 0 heterocycles. The van der Waals surface area contributed by atoms with Crippen molar-refractivity contribution in [2.75, 3.05) is 5.32 Å². The van der Waals surface area contributed by atoms with E-state index in [9.17, 15) is 14.9 Å². The molecule has 1 atom stereocenters. The van der Waals surface area contributed by atoms with Crippen molar-refractivity contribution in [2.45, 2.75) is 32.7 Å². The molecule has 0 bridgehead atoms. The zero-order chi connectivity index (χ0) is 13.9. The Kier molecular flexibility index (Phi) is 4.03. The van der Waals surface area contributed by atoms with Gasteiger partial charge in [0.2, 0.25) is 5.91 Å². The molecule has 3 N–H and O–H groups in total. The third-order valence-electron chi connectivity index (χ3n) is 2.93. The number of hydrogen-bond donors (Lipinski definition) is 2.